The highest BCUT2D eigenvalue weighted by atomic mass is 14.7. The van der Waals surface area contributed by atoms with Crippen molar-refractivity contribution in [2.75, 3.05) is 0 Å². The molecule has 74 valence electrons. The molecule has 5 N–H and O–H groups in total. The zero-order valence-corrected chi connectivity index (χ0v) is 8.59. The van der Waals surface area contributed by atoms with E-state index in [2.05, 4.69) is 38.1 Å². The molecule has 0 spiro atoms. The predicted octanol–water partition coefficient (Wildman–Crippen LogP) is 2.52. The third-order valence-electron chi connectivity index (χ3n) is 2.26. The Hall–Kier alpha value is -0.860. The molecule has 0 aliphatic carbocycles. The lowest BCUT2D eigenvalue weighted by Crippen LogP contribution is -2.37. The van der Waals surface area contributed by atoms with Crippen LogP contribution in [-0.4, -0.2) is 5.54 Å². The highest BCUT2D eigenvalue weighted by Gasteiger charge is 2.15. The van der Waals surface area contributed by atoms with Crippen molar-refractivity contribution in [2.45, 2.75) is 32.2 Å². The summed E-state index contributed by atoms with van der Waals surface area (Å²) in [6, 6.07) is 10.4. The van der Waals surface area contributed by atoms with Crippen LogP contribution in [0.25, 0.3) is 0 Å². The van der Waals surface area contributed by atoms with Gasteiger partial charge in [-0.2, -0.15) is 0 Å². The molecule has 1 unspecified atom stereocenters. The summed E-state index contributed by atoms with van der Waals surface area (Å²) in [4.78, 5) is 0. The molecule has 0 fully saturated rings. The maximum absolute atomic E-state index is 6.05. The van der Waals surface area contributed by atoms with Crippen molar-refractivity contribution in [1.29, 1.82) is 0 Å². The molecule has 1 aromatic carbocycles. The fourth-order valence-electron chi connectivity index (χ4n) is 1.19. The number of benzene rings is 1. The molecule has 0 bridgehead atoms. The average molecular weight is 180 g/mol. The van der Waals surface area contributed by atoms with Gasteiger partial charge in [-0.05, 0) is 25.3 Å². The van der Waals surface area contributed by atoms with Crippen LogP contribution in [0.3, 0.4) is 0 Å². The summed E-state index contributed by atoms with van der Waals surface area (Å²) < 4.78 is 0. The van der Waals surface area contributed by atoms with Crippen LogP contribution >= 0.6 is 0 Å². The molecule has 2 nitrogen and oxygen atoms in total. The van der Waals surface area contributed by atoms with Gasteiger partial charge in [0.25, 0.3) is 0 Å². The first-order valence-corrected chi connectivity index (χ1v) is 4.47. The Morgan fingerprint density at radius 2 is 1.77 bits per heavy atom. The molecule has 0 saturated heterocycles. The zero-order chi connectivity index (χ0) is 9.03. The van der Waals surface area contributed by atoms with Crippen molar-refractivity contribution in [3.8, 4) is 0 Å². The first-order chi connectivity index (χ1) is 5.64. The molecule has 0 amide bonds. The van der Waals surface area contributed by atoms with Gasteiger partial charge < -0.3 is 11.9 Å². The Balaban J connectivity index is 0.00000144. The van der Waals surface area contributed by atoms with Crippen molar-refractivity contribution in [3.63, 3.8) is 0 Å². The normalized spacial score (nSPS) is 14.4. The van der Waals surface area contributed by atoms with Gasteiger partial charge in [-0.15, -0.1) is 0 Å². The molecule has 0 aliphatic heterocycles. The van der Waals surface area contributed by atoms with Crippen LogP contribution in [0.4, 0.5) is 0 Å². The van der Waals surface area contributed by atoms with Crippen LogP contribution in [0.5, 0.6) is 0 Å². The predicted molar refractivity (Wildman–Crippen MR) is 58.1 cm³/mol. The zero-order valence-electron chi connectivity index (χ0n) is 8.59. The van der Waals surface area contributed by atoms with E-state index in [9.17, 15) is 0 Å². The first kappa shape index (κ1) is 12.1. The van der Waals surface area contributed by atoms with Crippen LogP contribution in [0.2, 0.25) is 0 Å². The van der Waals surface area contributed by atoms with Crippen molar-refractivity contribution in [1.82, 2.24) is 6.15 Å². The molecular formula is C11H20N2. The van der Waals surface area contributed by atoms with Gasteiger partial charge in [0.15, 0.2) is 0 Å². The molecule has 0 saturated carbocycles. The third kappa shape index (κ3) is 4.06. The maximum atomic E-state index is 6.05. The molecule has 1 rings (SSSR count). The Morgan fingerprint density at radius 1 is 1.23 bits per heavy atom. The maximum Gasteiger partial charge on any atom is 0.0163 e. The van der Waals surface area contributed by atoms with E-state index in [0.29, 0.717) is 0 Å². The third-order valence-corrected chi connectivity index (χ3v) is 2.26. The summed E-state index contributed by atoms with van der Waals surface area (Å²) >= 11 is 0. The van der Waals surface area contributed by atoms with E-state index >= 15 is 0 Å². The van der Waals surface area contributed by atoms with E-state index in [1.165, 1.54) is 5.56 Å². The second-order valence-corrected chi connectivity index (χ2v) is 3.67. The Morgan fingerprint density at radius 3 is 2.23 bits per heavy atom. The number of rotatable bonds is 3. The summed E-state index contributed by atoms with van der Waals surface area (Å²) in [5, 5.41) is 0. The lowest BCUT2D eigenvalue weighted by molar-refractivity contribution is 0.450. The topological polar surface area (TPSA) is 61.0 Å². The van der Waals surface area contributed by atoms with Crippen molar-refractivity contribution in [2.24, 2.45) is 5.73 Å². The smallest absolute Gasteiger partial charge is 0.0163 e. The van der Waals surface area contributed by atoms with E-state index in [4.69, 9.17) is 5.73 Å². The Labute approximate surface area is 80.7 Å². The lowest BCUT2D eigenvalue weighted by atomic mass is 9.92. The van der Waals surface area contributed by atoms with Crippen LogP contribution in [-0.2, 0) is 6.42 Å². The fraction of sp³-hybridized carbons (Fsp3) is 0.455. The second kappa shape index (κ2) is 5.00. The molecule has 1 aromatic rings. The van der Waals surface area contributed by atoms with Crippen LogP contribution < -0.4 is 11.9 Å². The quantitative estimate of drug-likeness (QED) is 0.750. The van der Waals surface area contributed by atoms with Crippen molar-refractivity contribution < 1.29 is 0 Å². The number of hydrogen-bond acceptors (Lipinski definition) is 2. The van der Waals surface area contributed by atoms with Crippen molar-refractivity contribution in [3.05, 3.63) is 35.9 Å². The van der Waals surface area contributed by atoms with Crippen LogP contribution in [0.1, 0.15) is 25.8 Å². The van der Waals surface area contributed by atoms with Crippen LogP contribution in [0.15, 0.2) is 30.3 Å². The van der Waals surface area contributed by atoms with Gasteiger partial charge in [0.2, 0.25) is 0 Å². The minimum absolute atomic E-state index is 0. The molecule has 13 heavy (non-hydrogen) atoms. The monoisotopic (exact) mass is 180 g/mol. The summed E-state index contributed by atoms with van der Waals surface area (Å²) in [6.07, 6.45) is 1.98. The van der Waals surface area contributed by atoms with E-state index in [0.717, 1.165) is 12.8 Å². The SMILES string of the molecule is CCC(C)(N)Cc1ccccc1.N. The van der Waals surface area contributed by atoms with Gasteiger partial charge in [-0.25, -0.2) is 0 Å². The molecule has 1 atom stereocenters. The minimum Gasteiger partial charge on any atom is -0.344 e. The summed E-state index contributed by atoms with van der Waals surface area (Å²) in [7, 11) is 0. The highest BCUT2D eigenvalue weighted by Crippen LogP contribution is 2.13. The second-order valence-electron chi connectivity index (χ2n) is 3.67. The van der Waals surface area contributed by atoms with E-state index < -0.39 is 0 Å². The molecule has 0 aromatic heterocycles. The van der Waals surface area contributed by atoms with E-state index in [-0.39, 0.29) is 11.7 Å². The molecular weight excluding hydrogens is 160 g/mol. The average Bonchev–Trinajstić information content (AvgIpc) is 2.06. The van der Waals surface area contributed by atoms with E-state index in [1.54, 1.807) is 0 Å². The lowest BCUT2D eigenvalue weighted by Gasteiger charge is -2.22. The van der Waals surface area contributed by atoms with Gasteiger partial charge in [0.05, 0.1) is 0 Å². The molecule has 0 heterocycles. The largest absolute Gasteiger partial charge is 0.344 e. The summed E-state index contributed by atoms with van der Waals surface area (Å²) in [5.41, 5.74) is 7.32. The standard InChI is InChI=1S/C11H17N.H3N/c1-3-11(2,12)9-10-7-5-4-6-8-10;/h4-8H,3,9,12H2,1-2H3;1H3. The van der Waals surface area contributed by atoms with Crippen LogP contribution in [0, 0.1) is 0 Å². The number of nitrogens with two attached hydrogens (primary N) is 1. The Bertz CT molecular complexity index is 229. The Kier molecular flexibility index (Phi) is 4.67. The minimum atomic E-state index is -0.0542. The van der Waals surface area contributed by atoms with Gasteiger partial charge in [0.1, 0.15) is 0 Å². The van der Waals surface area contributed by atoms with E-state index in [1.807, 2.05) is 6.07 Å². The molecule has 0 aliphatic rings. The van der Waals surface area contributed by atoms with Gasteiger partial charge >= 0.3 is 0 Å². The molecule has 2 heteroatoms. The summed E-state index contributed by atoms with van der Waals surface area (Å²) in [6.45, 7) is 4.23. The fourth-order valence-corrected chi connectivity index (χ4v) is 1.19. The van der Waals surface area contributed by atoms with Gasteiger partial charge in [-0.3, -0.25) is 0 Å². The summed E-state index contributed by atoms with van der Waals surface area (Å²) in [5.74, 6) is 0. The number of hydrogen-bond donors (Lipinski definition) is 2. The first-order valence-electron chi connectivity index (χ1n) is 4.47. The highest BCUT2D eigenvalue weighted by molar-refractivity contribution is 5.17. The van der Waals surface area contributed by atoms with Gasteiger partial charge in [-0.1, -0.05) is 37.3 Å². The van der Waals surface area contributed by atoms with Gasteiger partial charge in [0, 0.05) is 5.54 Å². The van der Waals surface area contributed by atoms with Crippen molar-refractivity contribution >= 4 is 0 Å². The molecule has 0 radical (unpaired) electrons.